The Morgan fingerprint density at radius 1 is 0.972 bits per heavy atom. The Morgan fingerprint density at radius 2 is 1.69 bits per heavy atom. The van der Waals surface area contributed by atoms with Crippen LogP contribution in [0.5, 0.6) is 0 Å². The second-order valence-corrected chi connectivity index (χ2v) is 9.65. The van der Waals surface area contributed by atoms with Gasteiger partial charge in [-0.05, 0) is 56.2 Å². The topological polar surface area (TPSA) is 69.7 Å². The van der Waals surface area contributed by atoms with Gasteiger partial charge in [0.1, 0.15) is 6.04 Å². The van der Waals surface area contributed by atoms with Crippen LogP contribution in [0, 0.1) is 0 Å². The zero-order valence-electron chi connectivity index (χ0n) is 21.4. The minimum Gasteiger partial charge on any atom is -0.352 e. The number of carbonyl (C=O) groups excluding carboxylic acids is 3. The summed E-state index contributed by atoms with van der Waals surface area (Å²) in [6.45, 7) is 6.72. The van der Waals surface area contributed by atoms with Crippen molar-refractivity contribution in [2.45, 2.75) is 58.5 Å². The summed E-state index contributed by atoms with van der Waals surface area (Å²) in [4.78, 5) is 43.0. The second-order valence-electron chi connectivity index (χ2n) is 9.65. The summed E-state index contributed by atoms with van der Waals surface area (Å²) in [5.41, 5.74) is 2.75. The first-order valence-electron chi connectivity index (χ1n) is 12.9. The molecule has 0 saturated heterocycles. The van der Waals surface area contributed by atoms with E-state index in [1.165, 1.54) is 0 Å². The number of benzene rings is 3. The highest BCUT2D eigenvalue weighted by molar-refractivity contribution is 6.25. The molecular weight excluding hydrogens is 450 g/mol. The van der Waals surface area contributed by atoms with Gasteiger partial charge >= 0.3 is 0 Å². The first kappa shape index (κ1) is 25.4. The summed E-state index contributed by atoms with van der Waals surface area (Å²) >= 11 is 0. The van der Waals surface area contributed by atoms with Crippen LogP contribution in [0.15, 0.2) is 66.7 Å². The number of hydrogen-bond acceptors (Lipinski definition) is 3. The Morgan fingerprint density at radius 3 is 2.39 bits per heavy atom. The van der Waals surface area contributed by atoms with Crippen molar-refractivity contribution in [2.24, 2.45) is 0 Å². The number of carbonyl (C=O) groups is 3. The third-order valence-electron chi connectivity index (χ3n) is 6.72. The molecule has 3 aromatic carbocycles. The van der Waals surface area contributed by atoms with Gasteiger partial charge in [0.15, 0.2) is 0 Å². The number of hydrogen-bond donors (Lipinski definition) is 1. The van der Waals surface area contributed by atoms with Crippen LogP contribution in [0.25, 0.3) is 10.8 Å². The fourth-order valence-corrected chi connectivity index (χ4v) is 5.01. The van der Waals surface area contributed by atoms with Crippen molar-refractivity contribution in [3.63, 3.8) is 0 Å². The molecule has 3 amide bonds. The summed E-state index contributed by atoms with van der Waals surface area (Å²) in [5, 5.41) is 5.00. The van der Waals surface area contributed by atoms with Crippen LogP contribution >= 0.6 is 0 Å². The minimum absolute atomic E-state index is 0.00291. The number of nitrogens with one attached hydrogen (secondary N) is 1. The predicted octanol–water partition coefficient (Wildman–Crippen LogP) is 4.95. The van der Waals surface area contributed by atoms with Crippen molar-refractivity contribution >= 4 is 34.2 Å². The fourth-order valence-electron chi connectivity index (χ4n) is 5.01. The number of nitrogens with zero attached hydrogens (tertiary/aromatic N) is 2. The summed E-state index contributed by atoms with van der Waals surface area (Å²) in [6.07, 6.45) is 2.02. The Balaban J connectivity index is 1.45. The van der Waals surface area contributed by atoms with Crippen LogP contribution in [0.2, 0.25) is 0 Å². The van der Waals surface area contributed by atoms with Crippen LogP contribution in [0.4, 0.5) is 5.69 Å². The molecule has 188 valence electrons. The van der Waals surface area contributed by atoms with Gasteiger partial charge in [0.05, 0.1) is 5.69 Å². The van der Waals surface area contributed by atoms with Gasteiger partial charge in [-0.1, -0.05) is 61.5 Å². The molecule has 1 unspecified atom stereocenters. The molecule has 0 radical (unpaired) electrons. The maximum absolute atomic E-state index is 13.5. The molecule has 6 nitrogen and oxygen atoms in total. The lowest BCUT2D eigenvalue weighted by Gasteiger charge is -2.31. The molecule has 4 rings (SSSR count). The fraction of sp³-hybridized carbons (Fsp3) is 0.367. The van der Waals surface area contributed by atoms with Gasteiger partial charge in [-0.25, -0.2) is 0 Å². The number of anilines is 1. The molecule has 3 aromatic rings. The normalized spacial score (nSPS) is 13.3. The van der Waals surface area contributed by atoms with Gasteiger partial charge < -0.3 is 15.1 Å². The van der Waals surface area contributed by atoms with Crippen molar-refractivity contribution < 1.29 is 14.4 Å². The zero-order chi connectivity index (χ0) is 25.7. The van der Waals surface area contributed by atoms with Gasteiger partial charge in [-0.15, -0.1) is 0 Å². The standard InChI is InChI=1S/C30H35N3O3/c1-4-25(29(35)31-21(2)3)32(20-18-22-11-6-5-7-12-22)27(34)17-10-19-33-26-16-9-14-23-13-8-15-24(28(23)26)30(33)36/h5-9,11-16,21,25H,4,10,17-20H2,1-3H3,(H,31,35). The van der Waals surface area contributed by atoms with Gasteiger partial charge in [0.2, 0.25) is 11.8 Å². The maximum Gasteiger partial charge on any atom is 0.258 e. The van der Waals surface area contributed by atoms with E-state index < -0.39 is 6.04 Å². The average Bonchev–Trinajstić information content (AvgIpc) is 3.14. The second kappa shape index (κ2) is 11.4. The molecule has 1 N–H and O–H groups in total. The van der Waals surface area contributed by atoms with Crippen LogP contribution in [-0.2, 0) is 16.0 Å². The third kappa shape index (κ3) is 5.43. The maximum atomic E-state index is 13.5. The molecule has 0 fully saturated rings. The van der Waals surface area contributed by atoms with E-state index in [9.17, 15) is 14.4 Å². The van der Waals surface area contributed by atoms with E-state index >= 15 is 0 Å². The molecule has 1 heterocycles. The van der Waals surface area contributed by atoms with Gasteiger partial charge in [-0.2, -0.15) is 0 Å². The van der Waals surface area contributed by atoms with Crippen LogP contribution in [-0.4, -0.2) is 47.8 Å². The summed E-state index contributed by atoms with van der Waals surface area (Å²) in [5.74, 6) is -0.192. The highest BCUT2D eigenvalue weighted by Crippen LogP contribution is 2.37. The van der Waals surface area contributed by atoms with Crippen LogP contribution in [0.3, 0.4) is 0 Å². The first-order valence-corrected chi connectivity index (χ1v) is 12.9. The largest absolute Gasteiger partial charge is 0.352 e. The highest BCUT2D eigenvalue weighted by Gasteiger charge is 2.31. The van der Waals surface area contributed by atoms with Crippen molar-refractivity contribution in [3.05, 3.63) is 77.9 Å². The SMILES string of the molecule is CCC(C(=O)NC(C)C)N(CCc1ccccc1)C(=O)CCCN1C(=O)c2cccc3cccc1c23. The van der Waals surface area contributed by atoms with Crippen LogP contribution in [0.1, 0.15) is 56.0 Å². The number of rotatable bonds is 11. The van der Waals surface area contributed by atoms with Gasteiger partial charge in [0, 0.05) is 36.5 Å². The van der Waals surface area contributed by atoms with E-state index in [-0.39, 0.29) is 30.2 Å². The quantitative estimate of drug-likeness (QED) is 0.418. The molecule has 36 heavy (non-hydrogen) atoms. The smallest absolute Gasteiger partial charge is 0.258 e. The summed E-state index contributed by atoms with van der Waals surface area (Å²) in [7, 11) is 0. The van der Waals surface area contributed by atoms with Crippen molar-refractivity contribution in [1.82, 2.24) is 10.2 Å². The van der Waals surface area contributed by atoms with Crippen molar-refractivity contribution in [1.29, 1.82) is 0 Å². The predicted molar refractivity (Wildman–Crippen MR) is 144 cm³/mol. The molecule has 0 aliphatic carbocycles. The molecule has 1 aliphatic heterocycles. The number of amides is 3. The average molecular weight is 486 g/mol. The molecule has 0 aromatic heterocycles. The molecule has 0 spiro atoms. The molecule has 0 bridgehead atoms. The lowest BCUT2D eigenvalue weighted by atomic mass is 10.1. The van der Waals surface area contributed by atoms with E-state index in [0.29, 0.717) is 32.4 Å². The van der Waals surface area contributed by atoms with E-state index in [1.54, 1.807) is 9.80 Å². The van der Waals surface area contributed by atoms with E-state index in [1.807, 2.05) is 87.5 Å². The van der Waals surface area contributed by atoms with E-state index in [0.717, 1.165) is 27.6 Å². The minimum atomic E-state index is -0.518. The summed E-state index contributed by atoms with van der Waals surface area (Å²) < 4.78 is 0. The Labute approximate surface area is 213 Å². The third-order valence-corrected chi connectivity index (χ3v) is 6.72. The molecular formula is C30H35N3O3. The Bertz CT molecular complexity index is 1230. The van der Waals surface area contributed by atoms with E-state index in [4.69, 9.17) is 0 Å². The molecule has 0 saturated carbocycles. The van der Waals surface area contributed by atoms with Crippen molar-refractivity contribution in [3.8, 4) is 0 Å². The Hall–Kier alpha value is -3.67. The van der Waals surface area contributed by atoms with Gasteiger partial charge in [0.25, 0.3) is 5.91 Å². The first-order chi connectivity index (χ1) is 17.4. The van der Waals surface area contributed by atoms with Crippen LogP contribution < -0.4 is 10.2 Å². The zero-order valence-corrected chi connectivity index (χ0v) is 21.4. The molecule has 1 atom stereocenters. The van der Waals surface area contributed by atoms with Gasteiger partial charge in [-0.3, -0.25) is 14.4 Å². The lowest BCUT2D eigenvalue weighted by molar-refractivity contribution is -0.141. The monoisotopic (exact) mass is 485 g/mol. The lowest BCUT2D eigenvalue weighted by Crippen LogP contribution is -2.51. The van der Waals surface area contributed by atoms with E-state index in [2.05, 4.69) is 5.32 Å². The highest BCUT2D eigenvalue weighted by atomic mass is 16.2. The molecule has 1 aliphatic rings. The molecule has 6 heteroatoms. The van der Waals surface area contributed by atoms with Crippen molar-refractivity contribution in [2.75, 3.05) is 18.0 Å². The summed E-state index contributed by atoms with van der Waals surface area (Å²) in [6, 6.07) is 21.2. The Kier molecular flexibility index (Phi) is 8.04.